The molecule has 0 radical (unpaired) electrons. The fourth-order valence-electron chi connectivity index (χ4n) is 2.02. The second-order valence-corrected chi connectivity index (χ2v) is 5.26. The zero-order valence-electron chi connectivity index (χ0n) is 10.2. The van der Waals surface area contributed by atoms with Gasteiger partial charge in [0.25, 0.3) is 0 Å². The maximum atomic E-state index is 13.3. The van der Waals surface area contributed by atoms with Gasteiger partial charge in [0.05, 0.1) is 0 Å². The molecule has 2 aromatic carbocycles. The molecule has 1 atom stereocenters. The lowest BCUT2D eigenvalue weighted by Crippen LogP contribution is -2.15. The molecule has 2 N–H and O–H groups in total. The smallest absolute Gasteiger partial charge is 0.123 e. The molecule has 18 heavy (non-hydrogen) atoms. The van der Waals surface area contributed by atoms with Crippen LogP contribution >= 0.6 is 15.9 Å². The first-order valence-electron chi connectivity index (χ1n) is 5.83. The van der Waals surface area contributed by atoms with Crippen molar-refractivity contribution in [2.24, 2.45) is 5.73 Å². The maximum Gasteiger partial charge on any atom is 0.123 e. The van der Waals surface area contributed by atoms with E-state index in [2.05, 4.69) is 15.9 Å². The van der Waals surface area contributed by atoms with E-state index in [9.17, 15) is 4.39 Å². The molecule has 0 spiro atoms. The van der Waals surface area contributed by atoms with Gasteiger partial charge in [-0.05, 0) is 48.2 Å². The summed E-state index contributed by atoms with van der Waals surface area (Å²) in [7, 11) is 0. The van der Waals surface area contributed by atoms with Crippen molar-refractivity contribution in [1.29, 1.82) is 0 Å². The van der Waals surface area contributed by atoms with Crippen molar-refractivity contribution in [2.45, 2.75) is 19.4 Å². The minimum Gasteiger partial charge on any atom is -0.324 e. The monoisotopic (exact) mass is 307 g/mol. The average molecular weight is 308 g/mol. The Hall–Kier alpha value is -1.19. The van der Waals surface area contributed by atoms with Crippen LogP contribution in [-0.4, -0.2) is 0 Å². The molecule has 0 aliphatic rings. The van der Waals surface area contributed by atoms with E-state index in [-0.39, 0.29) is 11.9 Å². The van der Waals surface area contributed by atoms with Crippen LogP contribution in [0.4, 0.5) is 4.39 Å². The lowest BCUT2D eigenvalue weighted by Gasteiger charge is -2.15. The van der Waals surface area contributed by atoms with Crippen LogP contribution in [-0.2, 0) is 6.42 Å². The average Bonchev–Trinajstić information content (AvgIpc) is 2.35. The second-order valence-electron chi connectivity index (χ2n) is 4.40. The third-order valence-electron chi connectivity index (χ3n) is 3.04. The molecule has 0 fully saturated rings. The van der Waals surface area contributed by atoms with E-state index in [1.807, 2.05) is 31.2 Å². The molecule has 0 aliphatic heterocycles. The number of hydrogen-bond acceptors (Lipinski definition) is 1. The highest BCUT2D eigenvalue weighted by Crippen LogP contribution is 2.24. The summed E-state index contributed by atoms with van der Waals surface area (Å²) >= 11 is 3.50. The van der Waals surface area contributed by atoms with Gasteiger partial charge in [0.15, 0.2) is 0 Å². The van der Waals surface area contributed by atoms with Crippen LogP contribution in [0.15, 0.2) is 46.9 Å². The Kier molecular flexibility index (Phi) is 4.15. The highest BCUT2D eigenvalue weighted by Gasteiger charge is 2.12. The van der Waals surface area contributed by atoms with E-state index in [4.69, 9.17) is 5.73 Å². The lowest BCUT2D eigenvalue weighted by molar-refractivity contribution is 0.617. The highest BCUT2D eigenvalue weighted by atomic mass is 79.9. The normalized spacial score (nSPS) is 12.4. The number of halogens is 2. The van der Waals surface area contributed by atoms with Crippen molar-refractivity contribution in [3.63, 3.8) is 0 Å². The van der Waals surface area contributed by atoms with Crippen LogP contribution in [0, 0.1) is 12.7 Å². The van der Waals surface area contributed by atoms with Gasteiger partial charge in [-0.1, -0.05) is 40.2 Å². The van der Waals surface area contributed by atoms with Crippen LogP contribution in [0.25, 0.3) is 0 Å². The molecule has 0 saturated heterocycles. The molecule has 0 aromatic heterocycles. The molecule has 0 heterocycles. The second kappa shape index (κ2) is 5.63. The van der Waals surface area contributed by atoms with Gasteiger partial charge in [-0.2, -0.15) is 0 Å². The summed E-state index contributed by atoms with van der Waals surface area (Å²) in [6.07, 6.45) is 0.686. The molecule has 1 nitrogen and oxygen atoms in total. The molecule has 0 aliphatic carbocycles. The van der Waals surface area contributed by atoms with Gasteiger partial charge in [-0.3, -0.25) is 0 Å². The van der Waals surface area contributed by atoms with Gasteiger partial charge >= 0.3 is 0 Å². The van der Waals surface area contributed by atoms with Crippen LogP contribution in [0.5, 0.6) is 0 Å². The van der Waals surface area contributed by atoms with E-state index in [0.717, 1.165) is 21.2 Å². The predicted octanol–water partition coefficient (Wildman–Crippen LogP) is 4.14. The summed E-state index contributed by atoms with van der Waals surface area (Å²) in [5.74, 6) is -0.238. The summed E-state index contributed by atoms with van der Waals surface area (Å²) < 4.78 is 14.3. The molecule has 94 valence electrons. The van der Waals surface area contributed by atoms with Gasteiger partial charge in [0.1, 0.15) is 5.82 Å². The number of nitrogens with two attached hydrogens (primary N) is 1. The van der Waals surface area contributed by atoms with Crippen molar-refractivity contribution >= 4 is 15.9 Å². The molecule has 1 unspecified atom stereocenters. The predicted molar refractivity (Wildman–Crippen MR) is 75.9 cm³/mol. The van der Waals surface area contributed by atoms with E-state index in [1.165, 1.54) is 12.1 Å². The Morgan fingerprint density at radius 1 is 1.22 bits per heavy atom. The van der Waals surface area contributed by atoms with Crippen LogP contribution < -0.4 is 5.73 Å². The first-order chi connectivity index (χ1) is 8.58. The Morgan fingerprint density at radius 2 is 1.94 bits per heavy atom. The first-order valence-corrected chi connectivity index (χ1v) is 6.62. The van der Waals surface area contributed by atoms with Gasteiger partial charge in [0.2, 0.25) is 0 Å². The van der Waals surface area contributed by atoms with E-state index >= 15 is 0 Å². The van der Waals surface area contributed by atoms with E-state index in [1.54, 1.807) is 6.07 Å². The zero-order valence-corrected chi connectivity index (χ0v) is 11.7. The van der Waals surface area contributed by atoms with Crippen molar-refractivity contribution in [3.8, 4) is 0 Å². The summed E-state index contributed by atoms with van der Waals surface area (Å²) in [4.78, 5) is 0. The Morgan fingerprint density at radius 3 is 2.67 bits per heavy atom. The van der Waals surface area contributed by atoms with Crippen LogP contribution in [0.1, 0.15) is 22.7 Å². The Balaban J connectivity index is 2.25. The molecule has 2 aromatic rings. The number of aryl methyl sites for hydroxylation is 1. The number of rotatable bonds is 3. The fraction of sp³-hybridized carbons (Fsp3) is 0.200. The minimum absolute atomic E-state index is 0.195. The van der Waals surface area contributed by atoms with Gasteiger partial charge < -0.3 is 5.73 Å². The van der Waals surface area contributed by atoms with Crippen LogP contribution in [0.2, 0.25) is 0 Å². The fourth-order valence-corrected chi connectivity index (χ4v) is 2.47. The number of benzene rings is 2. The summed E-state index contributed by atoms with van der Waals surface area (Å²) in [5, 5.41) is 0. The van der Waals surface area contributed by atoms with Crippen molar-refractivity contribution in [2.75, 3.05) is 0 Å². The lowest BCUT2D eigenvalue weighted by atomic mass is 9.96. The molecule has 0 saturated carbocycles. The molecule has 0 amide bonds. The Labute approximate surface area is 115 Å². The van der Waals surface area contributed by atoms with E-state index < -0.39 is 0 Å². The first kappa shape index (κ1) is 13.2. The van der Waals surface area contributed by atoms with Gasteiger partial charge in [-0.25, -0.2) is 4.39 Å². The van der Waals surface area contributed by atoms with Crippen molar-refractivity contribution < 1.29 is 4.39 Å². The minimum atomic E-state index is -0.238. The van der Waals surface area contributed by atoms with E-state index in [0.29, 0.717) is 6.42 Å². The number of hydrogen-bond donors (Lipinski definition) is 1. The van der Waals surface area contributed by atoms with Crippen LogP contribution in [0.3, 0.4) is 0 Å². The quantitative estimate of drug-likeness (QED) is 0.906. The topological polar surface area (TPSA) is 26.0 Å². The molecule has 2 rings (SSSR count). The highest BCUT2D eigenvalue weighted by molar-refractivity contribution is 9.10. The third-order valence-corrected chi connectivity index (χ3v) is 3.81. The molecule has 3 heteroatoms. The zero-order chi connectivity index (χ0) is 13.1. The Bertz CT molecular complexity index is 554. The molecule has 0 bridgehead atoms. The SMILES string of the molecule is Cc1ccc(F)cc1C(N)Cc1ccccc1Br. The molecular weight excluding hydrogens is 293 g/mol. The summed E-state index contributed by atoms with van der Waals surface area (Å²) in [5.41, 5.74) is 9.20. The largest absolute Gasteiger partial charge is 0.324 e. The maximum absolute atomic E-state index is 13.3. The summed E-state index contributed by atoms with van der Waals surface area (Å²) in [6, 6.07) is 12.5. The standard InChI is InChI=1S/C15H15BrFN/c1-10-6-7-12(17)9-13(10)15(18)8-11-4-2-3-5-14(11)16/h2-7,9,15H,8,18H2,1H3. The third kappa shape index (κ3) is 2.98. The van der Waals surface area contributed by atoms with Gasteiger partial charge in [-0.15, -0.1) is 0 Å². The summed E-state index contributed by atoms with van der Waals surface area (Å²) in [6.45, 7) is 1.95. The van der Waals surface area contributed by atoms with Crippen molar-refractivity contribution in [1.82, 2.24) is 0 Å². The molecular formula is C15H15BrFN. The van der Waals surface area contributed by atoms with Gasteiger partial charge in [0, 0.05) is 10.5 Å². The van der Waals surface area contributed by atoms with Crippen molar-refractivity contribution in [3.05, 3.63) is 69.4 Å².